The van der Waals surface area contributed by atoms with E-state index >= 15 is 0 Å². The highest BCUT2D eigenvalue weighted by Gasteiger charge is 2.44. The summed E-state index contributed by atoms with van der Waals surface area (Å²) in [6.45, 7) is 5.68. The fraction of sp³-hybridized carbons (Fsp3) is 0.318. The van der Waals surface area contributed by atoms with Crippen molar-refractivity contribution in [3.05, 3.63) is 70.8 Å². The van der Waals surface area contributed by atoms with E-state index in [0.717, 1.165) is 11.1 Å². The van der Waals surface area contributed by atoms with Gasteiger partial charge >= 0.3 is 0 Å². The highest BCUT2D eigenvalue weighted by atomic mass is 16.2. The second-order valence-corrected chi connectivity index (χ2v) is 7.09. The Hall–Kier alpha value is -2.55. The van der Waals surface area contributed by atoms with Crippen molar-refractivity contribution in [3.8, 4) is 0 Å². The third-order valence-electron chi connectivity index (χ3n) is 5.00. The van der Waals surface area contributed by atoms with Crippen LogP contribution in [0.3, 0.4) is 0 Å². The van der Waals surface area contributed by atoms with Gasteiger partial charge in [0.2, 0.25) is 0 Å². The summed E-state index contributed by atoms with van der Waals surface area (Å²) in [5.41, 5.74) is 2.93. The predicted octanol–water partition coefficient (Wildman–Crippen LogP) is 4.39. The number of Topliss-reactive ketones (excluding diaryl/α,β-unsaturated/α-hetero) is 3. The van der Waals surface area contributed by atoms with Gasteiger partial charge in [-0.25, -0.2) is 0 Å². The van der Waals surface area contributed by atoms with E-state index in [0.29, 0.717) is 11.1 Å². The van der Waals surface area contributed by atoms with E-state index in [4.69, 9.17) is 0 Å². The van der Waals surface area contributed by atoms with Crippen LogP contribution in [0.15, 0.2) is 48.5 Å². The summed E-state index contributed by atoms with van der Waals surface area (Å²) in [4.78, 5) is 38.2. The van der Waals surface area contributed by atoms with Gasteiger partial charge in [0, 0.05) is 29.4 Å². The lowest BCUT2D eigenvalue weighted by Crippen LogP contribution is -2.27. The normalized spacial score (nSPS) is 15.5. The summed E-state index contributed by atoms with van der Waals surface area (Å²) < 4.78 is 0. The highest BCUT2D eigenvalue weighted by molar-refractivity contribution is 6.27. The molecule has 25 heavy (non-hydrogen) atoms. The Morgan fingerprint density at radius 3 is 1.92 bits per heavy atom. The van der Waals surface area contributed by atoms with Gasteiger partial charge in [-0.3, -0.25) is 14.4 Å². The van der Waals surface area contributed by atoms with Crippen molar-refractivity contribution in [2.75, 3.05) is 0 Å². The lowest BCUT2D eigenvalue weighted by Gasteiger charge is -2.22. The molecule has 3 heteroatoms. The van der Waals surface area contributed by atoms with Gasteiger partial charge in [-0.1, -0.05) is 67.9 Å². The van der Waals surface area contributed by atoms with Gasteiger partial charge in [0.1, 0.15) is 5.78 Å². The molecule has 1 aliphatic carbocycles. The van der Waals surface area contributed by atoms with E-state index in [1.165, 1.54) is 0 Å². The molecule has 0 aliphatic heterocycles. The van der Waals surface area contributed by atoms with Crippen LogP contribution in [0.25, 0.3) is 0 Å². The Labute approximate surface area is 148 Å². The first-order valence-electron chi connectivity index (χ1n) is 8.67. The van der Waals surface area contributed by atoms with Crippen molar-refractivity contribution in [1.82, 2.24) is 0 Å². The van der Waals surface area contributed by atoms with Gasteiger partial charge in [-0.05, 0) is 12.5 Å². The Balaban J connectivity index is 2.03. The van der Waals surface area contributed by atoms with Crippen LogP contribution in [0.1, 0.15) is 58.0 Å². The average molecular weight is 334 g/mol. The van der Waals surface area contributed by atoms with Gasteiger partial charge in [-0.2, -0.15) is 0 Å². The smallest absolute Gasteiger partial charge is 0.175 e. The molecule has 0 unspecified atom stereocenters. The van der Waals surface area contributed by atoms with Crippen molar-refractivity contribution >= 4 is 17.3 Å². The molecule has 2 aromatic rings. The van der Waals surface area contributed by atoms with Crippen molar-refractivity contribution in [3.63, 3.8) is 0 Å². The van der Waals surface area contributed by atoms with Gasteiger partial charge in [0.05, 0.1) is 5.92 Å². The first-order valence-corrected chi connectivity index (χ1v) is 8.67. The van der Waals surface area contributed by atoms with Crippen molar-refractivity contribution < 1.29 is 14.4 Å². The second kappa shape index (κ2) is 6.75. The maximum absolute atomic E-state index is 12.9. The number of hydrogen-bond donors (Lipinski definition) is 0. The molecule has 3 nitrogen and oxygen atoms in total. The minimum absolute atomic E-state index is 0.0714. The number of carbonyl (C=O) groups excluding carboxylic acids is 3. The number of benzene rings is 2. The molecular formula is C22H22O3. The van der Waals surface area contributed by atoms with Crippen LogP contribution in [0.4, 0.5) is 0 Å². The molecule has 2 aromatic carbocycles. The topological polar surface area (TPSA) is 51.2 Å². The fourth-order valence-corrected chi connectivity index (χ4v) is 3.43. The van der Waals surface area contributed by atoms with Gasteiger partial charge in [0.25, 0.3) is 0 Å². The van der Waals surface area contributed by atoms with E-state index in [9.17, 15) is 14.4 Å². The quantitative estimate of drug-likeness (QED) is 0.762. The molecule has 0 heterocycles. The number of aryl methyl sites for hydroxylation is 1. The lowest BCUT2D eigenvalue weighted by atomic mass is 9.78. The van der Waals surface area contributed by atoms with Crippen molar-refractivity contribution in [2.45, 2.75) is 33.1 Å². The third-order valence-corrected chi connectivity index (χ3v) is 5.00. The Morgan fingerprint density at radius 1 is 0.920 bits per heavy atom. The van der Waals surface area contributed by atoms with Crippen LogP contribution >= 0.6 is 0 Å². The summed E-state index contributed by atoms with van der Waals surface area (Å²) in [5.74, 6) is -1.60. The summed E-state index contributed by atoms with van der Waals surface area (Å²) in [6, 6.07) is 14.7. The lowest BCUT2D eigenvalue weighted by molar-refractivity contribution is -0.122. The van der Waals surface area contributed by atoms with Gasteiger partial charge in [0.15, 0.2) is 11.6 Å². The molecule has 0 radical (unpaired) electrons. The maximum atomic E-state index is 12.9. The van der Waals surface area contributed by atoms with E-state index < -0.39 is 11.8 Å². The first kappa shape index (κ1) is 17.3. The van der Waals surface area contributed by atoms with Crippen LogP contribution < -0.4 is 0 Å². The average Bonchev–Trinajstić information content (AvgIpc) is 2.85. The van der Waals surface area contributed by atoms with Crippen LogP contribution in [0.2, 0.25) is 0 Å². The molecule has 1 atom stereocenters. The molecule has 3 rings (SSSR count). The van der Waals surface area contributed by atoms with E-state index in [-0.39, 0.29) is 29.7 Å². The van der Waals surface area contributed by atoms with Crippen molar-refractivity contribution in [1.29, 1.82) is 0 Å². The monoisotopic (exact) mass is 334 g/mol. The van der Waals surface area contributed by atoms with Crippen LogP contribution in [-0.4, -0.2) is 17.3 Å². The van der Waals surface area contributed by atoms with E-state index in [1.807, 2.05) is 45.0 Å². The second-order valence-electron chi connectivity index (χ2n) is 7.09. The maximum Gasteiger partial charge on any atom is 0.175 e. The molecule has 0 aromatic heterocycles. The zero-order valence-electron chi connectivity index (χ0n) is 14.8. The fourth-order valence-electron chi connectivity index (χ4n) is 3.43. The molecular weight excluding hydrogens is 312 g/mol. The molecule has 128 valence electrons. The summed E-state index contributed by atoms with van der Waals surface area (Å²) in [7, 11) is 0. The SMILES string of the molecule is Cc1ccc([C@H](CC(=O)C(C)C)C2C(=O)c3ccccc3C2=O)cc1. The molecule has 0 bridgehead atoms. The van der Waals surface area contributed by atoms with Crippen LogP contribution in [0.5, 0.6) is 0 Å². The molecule has 0 fully saturated rings. The Kier molecular flexibility index (Phi) is 4.67. The summed E-state index contributed by atoms with van der Waals surface area (Å²) in [5, 5.41) is 0. The largest absolute Gasteiger partial charge is 0.299 e. The zero-order valence-corrected chi connectivity index (χ0v) is 14.8. The van der Waals surface area contributed by atoms with E-state index in [2.05, 4.69) is 0 Å². The van der Waals surface area contributed by atoms with Crippen LogP contribution in [0, 0.1) is 18.8 Å². The third kappa shape index (κ3) is 3.19. The number of rotatable bonds is 5. The van der Waals surface area contributed by atoms with Gasteiger partial charge < -0.3 is 0 Å². The number of ketones is 3. The Morgan fingerprint density at radius 2 is 1.44 bits per heavy atom. The molecule has 1 aliphatic rings. The molecule has 0 N–H and O–H groups in total. The first-order chi connectivity index (χ1) is 11.9. The zero-order chi connectivity index (χ0) is 18.1. The number of hydrogen-bond acceptors (Lipinski definition) is 3. The highest BCUT2D eigenvalue weighted by Crippen LogP contribution is 2.39. The van der Waals surface area contributed by atoms with Crippen molar-refractivity contribution in [2.24, 2.45) is 11.8 Å². The summed E-state index contributed by atoms with van der Waals surface area (Å²) in [6.07, 6.45) is 0.205. The Bertz CT molecular complexity index is 796. The van der Waals surface area contributed by atoms with Crippen LogP contribution in [-0.2, 0) is 4.79 Å². The molecule has 0 saturated carbocycles. The predicted molar refractivity (Wildman–Crippen MR) is 97.0 cm³/mol. The molecule has 0 saturated heterocycles. The minimum atomic E-state index is -0.803. The molecule has 0 amide bonds. The number of fused-ring (bicyclic) bond motifs is 1. The number of carbonyl (C=O) groups is 3. The van der Waals surface area contributed by atoms with Gasteiger partial charge in [-0.15, -0.1) is 0 Å². The van der Waals surface area contributed by atoms with E-state index in [1.54, 1.807) is 24.3 Å². The minimum Gasteiger partial charge on any atom is -0.299 e. The summed E-state index contributed by atoms with van der Waals surface area (Å²) >= 11 is 0. The standard InChI is InChI=1S/C22H22O3/c1-13(2)19(23)12-18(15-10-8-14(3)9-11-15)20-21(24)16-6-4-5-7-17(16)22(20)25/h4-11,13,18,20H,12H2,1-3H3/t18-/m0/s1. The molecule has 0 spiro atoms.